The highest BCUT2D eigenvalue weighted by molar-refractivity contribution is 7.99. The maximum Gasteiger partial charge on any atom is 0.274 e. The van der Waals surface area contributed by atoms with Crippen LogP contribution in [0.4, 0.5) is 11.4 Å². The molecule has 0 bridgehead atoms. The molecule has 0 unspecified atom stereocenters. The van der Waals surface area contributed by atoms with E-state index < -0.39 is 5.54 Å². The highest BCUT2D eigenvalue weighted by atomic mass is 32.2. The largest absolute Gasteiger partial charge is 0.456 e. The molecule has 48 heavy (non-hydrogen) atoms. The number of anilines is 2. The van der Waals surface area contributed by atoms with E-state index in [0.29, 0.717) is 17.1 Å². The summed E-state index contributed by atoms with van der Waals surface area (Å²) in [6, 6.07) is 20.3. The second-order valence-corrected chi connectivity index (χ2v) is 14.7. The lowest BCUT2D eigenvalue weighted by atomic mass is 9.75. The second kappa shape index (κ2) is 16.4. The topological polar surface area (TPSA) is 68.4 Å². The SMILES string of the molecule is CCSCCN(CCSCC)CC(=O)NN1C(=O)c2ccccc2C12c1ccc(N(CC)CC)cc1Oc1cc(N(CC)CC)ccc12. The van der Waals surface area contributed by atoms with Crippen molar-refractivity contribution in [3.8, 4) is 11.5 Å². The number of amides is 2. The van der Waals surface area contributed by atoms with Crippen molar-refractivity contribution in [2.45, 2.75) is 47.1 Å². The van der Waals surface area contributed by atoms with Gasteiger partial charge in [-0.05, 0) is 57.4 Å². The average molecular weight is 690 g/mol. The van der Waals surface area contributed by atoms with E-state index in [1.807, 2.05) is 47.8 Å². The predicted molar refractivity (Wildman–Crippen MR) is 203 cm³/mol. The summed E-state index contributed by atoms with van der Waals surface area (Å²) in [7, 11) is 0. The number of hydrogen-bond donors (Lipinski definition) is 1. The molecule has 0 saturated carbocycles. The molecule has 0 fully saturated rings. The molecule has 0 atom stereocenters. The van der Waals surface area contributed by atoms with Gasteiger partial charge < -0.3 is 14.5 Å². The zero-order chi connectivity index (χ0) is 34.3. The second-order valence-electron chi connectivity index (χ2n) is 11.9. The molecular formula is C38H51N5O3S2. The molecular weight excluding hydrogens is 639 g/mol. The van der Waals surface area contributed by atoms with Crippen LogP contribution >= 0.6 is 23.5 Å². The third-order valence-electron chi connectivity index (χ3n) is 9.39. The molecule has 0 radical (unpaired) electrons. The highest BCUT2D eigenvalue weighted by Crippen LogP contribution is 2.57. The van der Waals surface area contributed by atoms with Gasteiger partial charge in [0.1, 0.15) is 17.0 Å². The van der Waals surface area contributed by atoms with Crippen LogP contribution in [-0.4, -0.2) is 90.5 Å². The first-order valence-electron chi connectivity index (χ1n) is 17.5. The van der Waals surface area contributed by atoms with E-state index in [4.69, 9.17) is 4.74 Å². The number of ether oxygens (including phenoxy) is 1. The Morgan fingerprint density at radius 3 is 1.77 bits per heavy atom. The van der Waals surface area contributed by atoms with Gasteiger partial charge in [0.25, 0.3) is 11.8 Å². The zero-order valence-electron chi connectivity index (χ0n) is 29.4. The maximum absolute atomic E-state index is 14.5. The Bertz CT molecular complexity index is 1500. The van der Waals surface area contributed by atoms with Gasteiger partial charge in [0.2, 0.25) is 0 Å². The third kappa shape index (κ3) is 6.89. The summed E-state index contributed by atoms with van der Waals surface area (Å²) < 4.78 is 6.78. The number of rotatable bonds is 17. The molecule has 258 valence electrons. The Kier molecular flexibility index (Phi) is 12.3. The van der Waals surface area contributed by atoms with Crippen molar-refractivity contribution in [3.05, 3.63) is 82.9 Å². The first kappa shape index (κ1) is 36.0. The number of carbonyl (C=O) groups excluding carboxylic acids is 2. The molecule has 2 heterocycles. The molecule has 10 heteroatoms. The zero-order valence-corrected chi connectivity index (χ0v) is 31.0. The number of hydrazine groups is 1. The number of carbonyl (C=O) groups is 2. The van der Waals surface area contributed by atoms with Crippen molar-refractivity contribution in [2.24, 2.45) is 0 Å². The van der Waals surface area contributed by atoms with Gasteiger partial charge >= 0.3 is 0 Å². The number of hydrogen-bond acceptors (Lipinski definition) is 8. The molecule has 8 nitrogen and oxygen atoms in total. The molecule has 3 aromatic carbocycles. The Morgan fingerprint density at radius 1 is 0.750 bits per heavy atom. The van der Waals surface area contributed by atoms with Gasteiger partial charge in [0.05, 0.1) is 6.54 Å². The highest BCUT2D eigenvalue weighted by Gasteiger charge is 2.57. The maximum atomic E-state index is 14.5. The molecule has 2 aliphatic heterocycles. The standard InChI is InChI=1S/C38H51N5O3S2/c1-7-41(8-2)28-17-19-32-34(25-28)46-35-26-29(42(9-3)10-4)18-20-33(35)38(32)31-16-14-13-15-30(31)37(45)43(38)39-36(44)27-40(21-23-47-11-5)22-24-48-12-6/h13-20,25-26H,7-12,21-24,27H2,1-6H3,(H,39,44). The Labute approximate surface area is 295 Å². The van der Waals surface area contributed by atoms with Crippen LogP contribution < -0.4 is 20.0 Å². The number of fused-ring (bicyclic) bond motifs is 6. The van der Waals surface area contributed by atoms with E-state index in [9.17, 15) is 9.59 Å². The molecule has 0 saturated heterocycles. The van der Waals surface area contributed by atoms with Gasteiger partial charge in [-0.15, -0.1) is 0 Å². The Hall–Kier alpha value is -3.34. The quantitative estimate of drug-likeness (QED) is 0.151. The molecule has 2 amide bonds. The van der Waals surface area contributed by atoms with Crippen LogP contribution in [0, 0.1) is 0 Å². The normalized spacial score (nSPS) is 14.1. The lowest BCUT2D eigenvalue weighted by molar-refractivity contribution is -0.127. The van der Waals surface area contributed by atoms with E-state index in [0.717, 1.165) is 90.3 Å². The van der Waals surface area contributed by atoms with E-state index in [1.165, 1.54) is 0 Å². The van der Waals surface area contributed by atoms with Crippen LogP contribution in [0.3, 0.4) is 0 Å². The summed E-state index contributed by atoms with van der Waals surface area (Å²) in [6.45, 7) is 18.2. The number of nitrogens with zero attached hydrogens (tertiary/aromatic N) is 4. The molecule has 3 aromatic rings. The van der Waals surface area contributed by atoms with Crippen LogP contribution in [0.25, 0.3) is 0 Å². The summed E-state index contributed by atoms with van der Waals surface area (Å²) in [5, 5.41) is 1.59. The lowest BCUT2D eigenvalue weighted by Crippen LogP contribution is -2.57. The van der Waals surface area contributed by atoms with Gasteiger partial charge in [-0.25, -0.2) is 5.01 Å². The van der Waals surface area contributed by atoms with Crippen molar-refractivity contribution in [1.82, 2.24) is 15.3 Å². The van der Waals surface area contributed by atoms with Crippen molar-refractivity contribution in [1.29, 1.82) is 0 Å². The minimum absolute atomic E-state index is 0.201. The lowest BCUT2D eigenvalue weighted by Gasteiger charge is -2.44. The predicted octanol–water partition coefficient (Wildman–Crippen LogP) is 7.07. The number of nitrogens with one attached hydrogen (secondary N) is 1. The van der Waals surface area contributed by atoms with E-state index >= 15 is 0 Å². The van der Waals surface area contributed by atoms with Crippen molar-refractivity contribution in [2.75, 3.05) is 78.6 Å². The number of benzene rings is 3. The molecule has 5 rings (SSSR count). The summed E-state index contributed by atoms with van der Waals surface area (Å²) >= 11 is 3.75. The molecule has 1 spiro atoms. The summed E-state index contributed by atoms with van der Waals surface area (Å²) in [5.41, 5.74) is 7.22. The average Bonchev–Trinajstić information content (AvgIpc) is 3.33. The van der Waals surface area contributed by atoms with Gasteiger partial charge in [-0.1, -0.05) is 44.2 Å². The van der Waals surface area contributed by atoms with E-state index in [1.54, 1.807) is 5.01 Å². The van der Waals surface area contributed by atoms with Gasteiger partial charge in [-0.2, -0.15) is 23.5 Å². The smallest absolute Gasteiger partial charge is 0.274 e. The fourth-order valence-electron chi connectivity index (χ4n) is 6.98. The van der Waals surface area contributed by atoms with Gasteiger partial charge in [-0.3, -0.25) is 19.9 Å². The van der Waals surface area contributed by atoms with Crippen LogP contribution in [0.15, 0.2) is 60.7 Å². The first-order chi connectivity index (χ1) is 23.4. The van der Waals surface area contributed by atoms with E-state index in [2.05, 4.69) is 98.1 Å². The van der Waals surface area contributed by atoms with Crippen LogP contribution in [-0.2, 0) is 10.3 Å². The van der Waals surface area contributed by atoms with Crippen molar-refractivity contribution >= 4 is 46.7 Å². The summed E-state index contributed by atoms with van der Waals surface area (Å²) in [4.78, 5) is 35.3. The van der Waals surface area contributed by atoms with Gasteiger partial charge in [0, 0.05) is 96.5 Å². The molecule has 2 aliphatic rings. The van der Waals surface area contributed by atoms with Crippen molar-refractivity contribution in [3.63, 3.8) is 0 Å². The monoisotopic (exact) mass is 689 g/mol. The summed E-state index contributed by atoms with van der Waals surface area (Å²) in [5.74, 6) is 4.94. The summed E-state index contributed by atoms with van der Waals surface area (Å²) in [6.07, 6.45) is 0. The van der Waals surface area contributed by atoms with Gasteiger partial charge in [0.15, 0.2) is 0 Å². The Balaban J connectivity index is 1.64. The molecule has 0 aromatic heterocycles. The van der Waals surface area contributed by atoms with Crippen molar-refractivity contribution < 1.29 is 14.3 Å². The minimum atomic E-state index is -1.11. The molecule has 0 aliphatic carbocycles. The van der Waals surface area contributed by atoms with Crippen LogP contribution in [0.1, 0.15) is 68.6 Å². The van der Waals surface area contributed by atoms with Crippen LogP contribution in [0.5, 0.6) is 11.5 Å². The molecule has 1 N–H and O–H groups in total. The fourth-order valence-corrected chi connectivity index (χ4v) is 8.33. The fraction of sp³-hybridized carbons (Fsp3) is 0.474. The minimum Gasteiger partial charge on any atom is -0.456 e. The van der Waals surface area contributed by atoms with Crippen LogP contribution in [0.2, 0.25) is 0 Å². The Morgan fingerprint density at radius 2 is 1.27 bits per heavy atom. The third-order valence-corrected chi connectivity index (χ3v) is 11.1. The van der Waals surface area contributed by atoms with E-state index in [-0.39, 0.29) is 18.4 Å². The first-order valence-corrected chi connectivity index (χ1v) is 19.8. The number of thioether (sulfide) groups is 2.